The Kier molecular flexibility index (Phi) is 12.0. The van der Waals surface area contributed by atoms with E-state index in [0.29, 0.717) is 0 Å². The fraction of sp³-hybridized carbons (Fsp3) is 0.696. The number of unbranched alkanes of at least 4 members (excludes halogenated alkanes) is 4. The third-order valence-corrected chi connectivity index (χ3v) is 7.33. The largest absolute Gasteiger partial charge is 0.351 e. The van der Waals surface area contributed by atoms with Crippen LogP contribution in [-0.4, -0.2) is 42.7 Å². The number of imidazole rings is 1. The molecule has 5 nitrogen and oxygen atoms in total. The van der Waals surface area contributed by atoms with E-state index in [1.165, 1.54) is 25.7 Å². The maximum atomic E-state index is 13.5. The summed E-state index contributed by atoms with van der Waals surface area (Å²) in [5.41, 5.74) is 2.06. The van der Waals surface area contributed by atoms with Gasteiger partial charge in [-0.15, -0.1) is 0 Å². The molecule has 170 valence electrons. The Bertz CT molecular complexity index is 711. The van der Waals surface area contributed by atoms with Crippen LogP contribution in [0.3, 0.4) is 0 Å². The van der Waals surface area contributed by atoms with Crippen molar-refractivity contribution in [3.63, 3.8) is 0 Å². The highest BCUT2D eigenvalue weighted by Gasteiger charge is 2.19. The van der Waals surface area contributed by atoms with E-state index < -0.39 is 0 Å². The molecule has 1 aromatic heterocycles. The third kappa shape index (κ3) is 7.36. The van der Waals surface area contributed by atoms with Gasteiger partial charge < -0.3 is 0 Å². The fourth-order valence-corrected chi connectivity index (χ4v) is 5.35. The van der Waals surface area contributed by atoms with E-state index >= 15 is 0 Å². The number of benzene rings is 1. The molecule has 7 heteroatoms. The molecule has 0 unspecified atom stereocenters. The summed E-state index contributed by atoms with van der Waals surface area (Å²) in [5, 5.41) is 0. The van der Waals surface area contributed by atoms with Crippen LogP contribution in [0.1, 0.15) is 79.1 Å². The summed E-state index contributed by atoms with van der Waals surface area (Å²) in [6, 6.07) is 8.20. The minimum atomic E-state index is 0.0576. The van der Waals surface area contributed by atoms with Crippen molar-refractivity contribution >= 4 is 35.3 Å². The van der Waals surface area contributed by atoms with Gasteiger partial charge in [0.15, 0.2) is 0 Å². The number of nitrogens with zero attached hydrogens (tertiary/aromatic N) is 4. The Morgan fingerprint density at radius 1 is 0.667 bits per heavy atom. The van der Waals surface area contributed by atoms with E-state index in [0.717, 1.165) is 62.9 Å². The Labute approximate surface area is 191 Å². The summed E-state index contributed by atoms with van der Waals surface area (Å²) >= 11 is 3.19. The SMILES string of the molecule is CCCCN(CCCC)Sn1c(=O)n(SN(CCCC)CCCC)c2ccccc21. The lowest BCUT2D eigenvalue weighted by molar-refractivity contribution is 0.440. The van der Waals surface area contributed by atoms with Gasteiger partial charge in [-0.2, -0.15) is 0 Å². The third-order valence-electron chi connectivity index (χ3n) is 5.11. The van der Waals surface area contributed by atoms with Gasteiger partial charge in [-0.05, 0) is 37.8 Å². The number of hydrogen-bond acceptors (Lipinski definition) is 5. The van der Waals surface area contributed by atoms with Gasteiger partial charge in [-0.1, -0.05) is 65.5 Å². The number of aromatic nitrogens is 2. The zero-order valence-corrected chi connectivity index (χ0v) is 20.9. The van der Waals surface area contributed by atoms with Crippen molar-refractivity contribution in [3.8, 4) is 0 Å². The average molecular weight is 453 g/mol. The molecule has 1 heterocycles. The molecule has 2 rings (SSSR count). The molecule has 0 aliphatic carbocycles. The lowest BCUT2D eigenvalue weighted by Gasteiger charge is -2.21. The normalized spacial score (nSPS) is 11.9. The summed E-state index contributed by atoms with van der Waals surface area (Å²) < 4.78 is 8.51. The van der Waals surface area contributed by atoms with Crippen LogP contribution in [0.5, 0.6) is 0 Å². The van der Waals surface area contributed by atoms with Crippen LogP contribution in [0.15, 0.2) is 29.1 Å². The highest BCUT2D eigenvalue weighted by Crippen LogP contribution is 2.25. The van der Waals surface area contributed by atoms with Crippen molar-refractivity contribution in [1.82, 2.24) is 16.6 Å². The van der Waals surface area contributed by atoms with E-state index in [1.54, 1.807) is 24.3 Å². The molecule has 0 atom stereocenters. The molecule has 1 aromatic carbocycles. The number of rotatable bonds is 16. The molecule has 0 saturated heterocycles. The Balaban J connectivity index is 2.32. The van der Waals surface area contributed by atoms with Crippen molar-refractivity contribution in [3.05, 3.63) is 34.7 Å². The van der Waals surface area contributed by atoms with Crippen LogP contribution in [0.25, 0.3) is 11.0 Å². The lowest BCUT2D eigenvalue weighted by Crippen LogP contribution is -2.28. The average Bonchev–Trinajstić information content (AvgIpc) is 3.02. The van der Waals surface area contributed by atoms with E-state index in [9.17, 15) is 4.79 Å². The summed E-state index contributed by atoms with van der Waals surface area (Å²) in [5.74, 6) is 0. The van der Waals surface area contributed by atoms with Gasteiger partial charge in [0.2, 0.25) is 0 Å². The van der Waals surface area contributed by atoms with Crippen molar-refractivity contribution in [2.75, 3.05) is 26.2 Å². The molecular weight excluding hydrogens is 412 g/mol. The second-order valence-electron chi connectivity index (χ2n) is 7.80. The molecule has 0 saturated carbocycles. The maximum Gasteiger partial charge on any atom is 0.351 e. The van der Waals surface area contributed by atoms with E-state index in [1.807, 2.05) is 20.1 Å². The van der Waals surface area contributed by atoms with Crippen LogP contribution in [0.2, 0.25) is 0 Å². The van der Waals surface area contributed by atoms with E-state index in [4.69, 9.17) is 0 Å². The van der Waals surface area contributed by atoms with Crippen LogP contribution in [0.4, 0.5) is 0 Å². The maximum absolute atomic E-state index is 13.5. The molecule has 0 N–H and O–H groups in total. The van der Waals surface area contributed by atoms with Crippen molar-refractivity contribution in [2.45, 2.75) is 79.1 Å². The number of hydrogen-bond donors (Lipinski definition) is 0. The summed E-state index contributed by atoms with van der Waals surface area (Å²) in [6.07, 6.45) is 9.28. The zero-order chi connectivity index (χ0) is 21.8. The predicted molar refractivity (Wildman–Crippen MR) is 135 cm³/mol. The van der Waals surface area contributed by atoms with Crippen LogP contribution < -0.4 is 5.69 Å². The first kappa shape index (κ1) is 25.4. The fourth-order valence-electron chi connectivity index (χ4n) is 3.21. The lowest BCUT2D eigenvalue weighted by atomic mass is 10.3. The minimum Gasteiger partial charge on any atom is -0.246 e. The molecular formula is C23H40N4OS2. The van der Waals surface area contributed by atoms with Crippen molar-refractivity contribution < 1.29 is 0 Å². The Hall–Kier alpha value is -0.890. The molecule has 0 spiro atoms. The second-order valence-corrected chi connectivity index (χ2v) is 9.89. The first-order valence-corrected chi connectivity index (χ1v) is 13.2. The molecule has 0 amide bonds. The zero-order valence-electron chi connectivity index (χ0n) is 19.3. The van der Waals surface area contributed by atoms with Crippen LogP contribution in [0, 0.1) is 0 Å². The van der Waals surface area contributed by atoms with Gasteiger partial charge in [-0.25, -0.2) is 21.3 Å². The van der Waals surface area contributed by atoms with E-state index in [-0.39, 0.29) is 5.69 Å². The molecule has 0 aliphatic rings. The van der Waals surface area contributed by atoms with Crippen LogP contribution >= 0.6 is 24.3 Å². The van der Waals surface area contributed by atoms with Crippen LogP contribution in [-0.2, 0) is 0 Å². The van der Waals surface area contributed by atoms with Gasteiger partial charge in [0.25, 0.3) is 0 Å². The molecule has 30 heavy (non-hydrogen) atoms. The smallest absolute Gasteiger partial charge is 0.246 e. The summed E-state index contributed by atoms with van der Waals surface area (Å²) in [7, 11) is 0. The standard InChI is InChI=1S/C23H40N4OS2/c1-5-9-17-24(18-10-6-2)29-26-21-15-13-14-16-22(21)27(23(26)28)30-25(19-11-7-3)20-12-8-4/h13-16H,5-12,17-20H2,1-4H3. The van der Waals surface area contributed by atoms with Crippen molar-refractivity contribution in [2.24, 2.45) is 0 Å². The first-order valence-electron chi connectivity index (χ1n) is 11.7. The monoisotopic (exact) mass is 452 g/mol. The Morgan fingerprint density at radius 3 is 1.30 bits per heavy atom. The second kappa shape index (κ2) is 14.2. The highest BCUT2D eigenvalue weighted by atomic mass is 32.2. The van der Waals surface area contributed by atoms with Gasteiger partial charge in [0.1, 0.15) is 0 Å². The number of para-hydroxylation sites is 2. The number of fused-ring (bicyclic) bond motifs is 1. The Morgan fingerprint density at radius 2 is 1.00 bits per heavy atom. The molecule has 0 aliphatic heterocycles. The van der Waals surface area contributed by atoms with Gasteiger partial charge in [0.05, 0.1) is 11.0 Å². The van der Waals surface area contributed by atoms with Crippen molar-refractivity contribution in [1.29, 1.82) is 0 Å². The van der Waals surface area contributed by atoms with Gasteiger partial charge in [-0.3, -0.25) is 0 Å². The summed E-state index contributed by atoms with van der Waals surface area (Å²) in [4.78, 5) is 13.5. The van der Waals surface area contributed by atoms with E-state index in [2.05, 4.69) is 48.4 Å². The first-order chi connectivity index (χ1) is 14.7. The van der Waals surface area contributed by atoms with Gasteiger partial charge >= 0.3 is 5.69 Å². The highest BCUT2D eigenvalue weighted by molar-refractivity contribution is 7.96. The van der Waals surface area contributed by atoms with Gasteiger partial charge in [0, 0.05) is 50.4 Å². The molecule has 0 bridgehead atoms. The molecule has 2 aromatic rings. The molecule has 0 radical (unpaired) electrons. The minimum absolute atomic E-state index is 0.0576. The topological polar surface area (TPSA) is 33.4 Å². The predicted octanol–water partition coefficient (Wildman–Crippen LogP) is 6.43. The summed E-state index contributed by atoms with van der Waals surface area (Å²) in [6.45, 7) is 12.9. The molecule has 0 fully saturated rings. The quantitative estimate of drug-likeness (QED) is 0.274.